The number of pyridine rings is 1. The molecule has 0 amide bonds. The SMILES string of the molecule is CCCC(C)Oc1ccc(C(C)C)nc1C. The van der Waals surface area contributed by atoms with Crippen molar-refractivity contribution in [3.8, 4) is 5.75 Å². The van der Waals surface area contributed by atoms with Crippen molar-refractivity contribution in [3.63, 3.8) is 0 Å². The zero-order valence-corrected chi connectivity index (χ0v) is 11.1. The molecule has 0 saturated heterocycles. The molecule has 1 unspecified atom stereocenters. The smallest absolute Gasteiger partial charge is 0.140 e. The van der Waals surface area contributed by atoms with Gasteiger partial charge in [0.25, 0.3) is 0 Å². The molecule has 0 radical (unpaired) electrons. The van der Waals surface area contributed by atoms with E-state index in [1.807, 2.05) is 13.0 Å². The van der Waals surface area contributed by atoms with Crippen LogP contribution in [0.1, 0.15) is 57.8 Å². The molecule has 90 valence electrons. The molecule has 2 heteroatoms. The largest absolute Gasteiger partial charge is 0.489 e. The van der Waals surface area contributed by atoms with E-state index in [0.29, 0.717) is 5.92 Å². The van der Waals surface area contributed by atoms with Gasteiger partial charge < -0.3 is 4.74 Å². The van der Waals surface area contributed by atoms with E-state index in [1.54, 1.807) is 0 Å². The first-order valence-electron chi connectivity index (χ1n) is 6.18. The van der Waals surface area contributed by atoms with Crippen molar-refractivity contribution < 1.29 is 4.74 Å². The average Bonchev–Trinajstić information content (AvgIpc) is 2.21. The van der Waals surface area contributed by atoms with Crippen LogP contribution >= 0.6 is 0 Å². The molecule has 1 aromatic heterocycles. The van der Waals surface area contributed by atoms with Gasteiger partial charge in [-0.1, -0.05) is 27.2 Å². The molecule has 0 aliphatic heterocycles. The van der Waals surface area contributed by atoms with Gasteiger partial charge in [0.2, 0.25) is 0 Å². The van der Waals surface area contributed by atoms with Gasteiger partial charge >= 0.3 is 0 Å². The maximum Gasteiger partial charge on any atom is 0.140 e. The summed E-state index contributed by atoms with van der Waals surface area (Å²) < 4.78 is 5.86. The summed E-state index contributed by atoms with van der Waals surface area (Å²) in [6.45, 7) is 10.6. The predicted molar refractivity (Wildman–Crippen MR) is 68.1 cm³/mol. The van der Waals surface area contributed by atoms with Crippen LogP contribution in [0.3, 0.4) is 0 Å². The van der Waals surface area contributed by atoms with E-state index in [-0.39, 0.29) is 6.10 Å². The second-order valence-electron chi connectivity index (χ2n) is 4.69. The Morgan fingerprint density at radius 2 is 1.94 bits per heavy atom. The number of ether oxygens (including phenoxy) is 1. The molecular formula is C14H23NO. The second-order valence-corrected chi connectivity index (χ2v) is 4.69. The molecule has 1 atom stereocenters. The summed E-state index contributed by atoms with van der Waals surface area (Å²) in [5.41, 5.74) is 2.13. The lowest BCUT2D eigenvalue weighted by molar-refractivity contribution is 0.207. The van der Waals surface area contributed by atoms with Gasteiger partial charge in [0.1, 0.15) is 5.75 Å². The second kappa shape index (κ2) is 5.88. The molecule has 16 heavy (non-hydrogen) atoms. The van der Waals surface area contributed by atoms with Gasteiger partial charge in [-0.2, -0.15) is 0 Å². The van der Waals surface area contributed by atoms with Crippen molar-refractivity contribution in [2.45, 2.75) is 59.5 Å². The summed E-state index contributed by atoms with van der Waals surface area (Å²) in [5.74, 6) is 1.39. The lowest BCUT2D eigenvalue weighted by Gasteiger charge is -2.16. The fourth-order valence-electron chi connectivity index (χ4n) is 1.70. The average molecular weight is 221 g/mol. The van der Waals surface area contributed by atoms with Crippen LogP contribution in [-0.2, 0) is 0 Å². The lowest BCUT2D eigenvalue weighted by Crippen LogP contribution is -2.12. The third-order valence-corrected chi connectivity index (χ3v) is 2.67. The number of aryl methyl sites for hydroxylation is 1. The molecule has 0 bridgehead atoms. The minimum atomic E-state index is 0.274. The van der Waals surface area contributed by atoms with E-state index >= 15 is 0 Å². The Labute approximate surface area is 99.0 Å². The van der Waals surface area contributed by atoms with Crippen LogP contribution in [0.25, 0.3) is 0 Å². The maximum absolute atomic E-state index is 5.86. The zero-order valence-electron chi connectivity index (χ0n) is 11.1. The Morgan fingerprint density at radius 1 is 1.25 bits per heavy atom. The standard InChI is InChI=1S/C14H23NO/c1-6-7-11(4)16-14-9-8-13(10(2)3)15-12(14)5/h8-11H,6-7H2,1-5H3. The summed E-state index contributed by atoms with van der Waals surface area (Å²) in [4.78, 5) is 4.56. The van der Waals surface area contributed by atoms with Crippen molar-refractivity contribution >= 4 is 0 Å². The molecule has 1 heterocycles. The molecule has 0 spiro atoms. The highest BCUT2D eigenvalue weighted by atomic mass is 16.5. The van der Waals surface area contributed by atoms with Crippen LogP contribution in [0.4, 0.5) is 0 Å². The molecule has 2 nitrogen and oxygen atoms in total. The van der Waals surface area contributed by atoms with Gasteiger partial charge in [-0.3, -0.25) is 4.98 Å². The normalized spacial score (nSPS) is 12.9. The number of rotatable bonds is 5. The fourth-order valence-corrected chi connectivity index (χ4v) is 1.70. The first kappa shape index (κ1) is 13.0. The molecule has 0 saturated carbocycles. The zero-order chi connectivity index (χ0) is 12.1. The number of hydrogen-bond acceptors (Lipinski definition) is 2. The first-order valence-corrected chi connectivity index (χ1v) is 6.18. The Kier molecular flexibility index (Phi) is 4.78. The van der Waals surface area contributed by atoms with Gasteiger partial charge in [-0.05, 0) is 38.3 Å². The van der Waals surface area contributed by atoms with Crippen molar-refractivity contribution in [2.75, 3.05) is 0 Å². The van der Waals surface area contributed by atoms with Crippen LogP contribution in [0.2, 0.25) is 0 Å². The van der Waals surface area contributed by atoms with Crippen LogP contribution in [0.15, 0.2) is 12.1 Å². The van der Waals surface area contributed by atoms with Crippen molar-refractivity contribution in [1.29, 1.82) is 0 Å². The van der Waals surface area contributed by atoms with Crippen LogP contribution < -0.4 is 4.74 Å². The first-order chi connectivity index (χ1) is 7.54. The van der Waals surface area contributed by atoms with Crippen LogP contribution in [0.5, 0.6) is 5.75 Å². The Morgan fingerprint density at radius 3 is 2.44 bits per heavy atom. The molecule has 1 aromatic rings. The van der Waals surface area contributed by atoms with Crippen LogP contribution in [0, 0.1) is 6.92 Å². The third-order valence-electron chi connectivity index (χ3n) is 2.67. The minimum Gasteiger partial charge on any atom is -0.489 e. The predicted octanol–water partition coefficient (Wildman–Crippen LogP) is 4.08. The molecule has 0 aliphatic carbocycles. The number of hydrogen-bond donors (Lipinski definition) is 0. The number of aromatic nitrogens is 1. The van der Waals surface area contributed by atoms with Gasteiger partial charge in [0.15, 0.2) is 0 Å². The Balaban J connectivity index is 2.75. The quantitative estimate of drug-likeness (QED) is 0.747. The fraction of sp³-hybridized carbons (Fsp3) is 0.643. The number of nitrogens with zero attached hydrogens (tertiary/aromatic N) is 1. The monoisotopic (exact) mass is 221 g/mol. The van der Waals surface area contributed by atoms with Crippen molar-refractivity contribution in [1.82, 2.24) is 4.98 Å². The van der Waals surface area contributed by atoms with Gasteiger partial charge in [0.05, 0.1) is 11.8 Å². The Hall–Kier alpha value is -1.05. The van der Waals surface area contributed by atoms with Gasteiger partial charge in [-0.25, -0.2) is 0 Å². The van der Waals surface area contributed by atoms with Crippen LogP contribution in [-0.4, -0.2) is 11.1 Å². The summed E-state index contributed by atoms with van der Waals surface area (Å²) in [6.07, 6.45) is 2.51. The van der Waals surface area contributed by atoms with E-state index in [4.69, 9.17) is 4.74 Å². The van der Waals surface area contributed by atoms with Gasteiger partial charge in [0, 0.05) is 5.69 Å². The molecule has 0 N–H and O–H groups in total. The van der Waals surface area contributed by atoms with E-state index in [2.05, 4.69) is 38.7 Å². The molecule has 0 aliphatic rings. The highest BCUT2D eigenvalue weighted by molar-refractivity contribution is 5.29. The summed E-state index contributed by atoms with van der Waals surface area (Å²) >= 11 is 0. The molecular weight excluding hydrogens is 198 g/mol. The maximum atomic E-state index is 5.86. The summed E-state index contributed by atoms with van der Waals surface area (Å²) in [7, 11) is 0. The van der Waals surface area contributed by atoms with E-state index < -0.39 is 0 Å². The highest BCUT2D eigenvalue weighted by Gasteiger charge is 2.08. The summed E-state index contributed by atoms with van der Waals surface area (Å²) in [5, 5.41) is 0. The van der Waals surface area contributed by atoms with Gasteiger partial charge in [-0.15, -0.1) is 0 Å². The van der Waals surface area contributed by atoms with Crippen molar-refractivity contribution in [2.24, 2.45) is 0 Å². The molecule has 0 fully saturated rings. The van der Waals surface area contributed by atoms with E-state index in [1.165, 1.54) is 0 Å². The van der Waals surface area contributed by atoms with E-state index in [9.17, 15) is 0 Å². The van der Waals surface area contributed by atoms with Crippen molar-refractivity contribution in [3.05, 3.63) is 23.5 Å². The Bertz CT molecular complexity index is 334. The highest BCUT2D eigenvalue weighted by Crippen LogP contribution is 2.21. The third kappa shape index (κ3) is 3.51. The molecule has 1 rings (SSSR count). The van der Waals surface area contributed by atoms with E-state index in [0.717, 1.165) is 30.0 Å². The summed E-state index contributed by atoms with van der Waals surface area (Å²) in [6, 6.07) is 4.11. The topological polar surface area (TPSA) is 22.1 Å². The minimum absolute atomic E-state index is 0.274. The molecule has 0 aromatic carbocycles. The lowest BCUT2D eigenvalue weighted by atomic mass is 10.1.